The van der Waals surface area contributed by atoms with Gasteiger partial charge < -0.3 is 10.0 Å². The molecule has 0 aromatic heterocycles. The van der Waals surface area contributed by atoms with E-state index >= 15 is 0 Å². The van der Waals surface area contributed by atoms with Crippen molar-refractivity contribution in [3.8, 4) is 0 Å². The Morgan fingerprint density at radius 3 is 2.39 bits per heavy atom. The van der Waals surface area contributed by atoms with E-state index in [9.17, 15) is 9.90 Å². The van der Waals surface area contributed by atoms with Gasteiger partial charge in [-0.05, 0) is 25.2 Å². The largest absolute Gasteiger partial charge is 0.393 e. The molecule has 0 unspecified atom stereocenters. The van der Waals surface area contributed by atoms with Crippen molar-refractivity contribution in [2.75, 3.05) is 13.6 Å². The molecule has 1 fully saturated rings. The Morgan fingerprint density at radius 1 is 1.17 bits per heavy atom. The molecular weight excluding hydrogens is 226 g/mol. The van der Waals surface area contributed by atoms with Gasteiger partial charge in [0.25, 0.3) is 0 Å². The summed E-state index contributed by atoms with van der Waals surface area (Å²) in [5, 5.41) is 9.21. The zero-order valence-electron chi connectivity index (χ0n) is 12.0. The number of rotatable bonds is 9. The highest BCUT2D eigenvalue weighted by atomic mass is 16.3. The van der Waals surface area contributed by atoms with Gasteiger partial charge in [-0.2, -0.15) is 0 Å². The predicted molar refractivity (Wildman–Crippen MR) is 74.4 cm³/mol. The Kier molecular flexibility index (Phi) is 7.33. The highest BCUT2D eigenvalue weighted by Crippen LogP contribution is 2.27. The number of aliphatic hydroxyl groups is 1. The lowest BCUT2D eigenvalue weighted by Crippen LogP contribution is -2.39. The fourth-order valence-electron chi connectivity index (χ4n) is 2.59. The molecule has 0 aromatic rings. The van der Waals surface area contributed by atoms with Gasteiger partial charge in [-0.25, -0.2) is 0 Å². The van der Waals surface area contributed by atoms with Gasteiger partial charge in [0.15, 0.2) is 0 Å². The summed E-state index contributed by atoms with van der Waals surface area (Å²) in [5.74, 6) is 0.797. The van der Waals surface area contributed by atoms with Crippen molar-refractivity contribution in [1.29, 1.82) is 0 Å². The summed E-state index contributed by atoms with van der Waals surface area (Å²) in [6.07, 6.45) is 9.69. The van der Waals surface area contributed by atoms with Crippen LogP contribution in [0.4, 0.5) is 0 Å². The third-order valence-electron chi connectivity index (χ3n) is 3.91. The number of hydrogen-bond acceptors (Lipinski definition) is 2. The van der Waals surface area contributed by atoms with Crippen molar-refractivity contribution < 1.29 is 9.90 Å². The summed E-state index contributed by atoms with van der Waals surface area (Å²) in [6.45, 7) is 3.04. The minimum Gasteiger partial charge on any atom is -0.393 e. The minimum atomic E-state index is -0.114. The van der Waals surface area contributed by atoms with Crippen LogP contribution in [-0.4, -0.2) is 35.6 Å². The second-order valence-corrected chi connectivity index (χ2v) is 5.78. The van der Waals surface area contributed by atoms with Gasteiger partial charge in [0.05, 0.1) is 6.10 Å². The second-order valence-electron chi connectivity index (χ2n) is 5.78. The van der Waals surface area contributed by atoms with Crippen molar-refractivity contribution >= 4 is 5.91 Å². The fourth-order valence-corrected chi connectivity index (χ4v) is 2.59. The Hall–Kier alpha value is -0.570. The van der Waals surface area contributed by atoms with Crippen LogP contribution in [0.5, 0.6) is 0 Å². The van der Waals surface area contributed by atoms with Crippen molar-refractivity contribution in [1.82, 2.24) is 4.90 Å². The summed E-state index contributed by atoms with van der Waals surface area (Å²) < 4.78 is 0. The molecule has 0 atom stereocenters. The highest BCUT2D eigenvalue weighted by molar-refractivity contribution is 5.75. The zero-order valence-corrected chi connectivity index (χ0v) is 12.0. The van der Waals surface area contributed by atoms with Crippen molar-refractivity contribution in [2.45, 2.75) is 70.8 Å². The molecule has 3 nitrogen and oxygen atoms in total. The van der Waals surface area contributed by atoms with Crippen LogP contribution in [0.25, 0.3) is 0 Å². The second kappa shape index (κ2) is 8.52. The summed E-state index contributed by atoms with van der Waals surface area (Å²) in [7, 11) is 1.89. The van der Waals surface area contributed by atoms with E-state index in [2.05, 4.69) is 6.92 Å². The first-order chi connectivity index (χ1) is 8.63. The van der Waals surface area contributed by atoms with Gasteiger partial charge in [0.2, 0.25) is 5.91 Å². The molecule has 0 radical (unpaired) electrons. The molecule has 0 saturated heterocycles. The van der Waals surface area contributed by atoms with E-state index in [1.165, 1.54) is 32.1 Å². The lowest BCUT2D eigenvalue weighted by molar-refractivity contribution is -0.131. The van der Waals surface area contributed by atoms with E-state index in [0.29, 0.717) is 12.3 Å². The first kappa shape index (κ1) is 15.5. The predicted octanol–water partition coefficient (Wildman–Crippen LogP) is 2.97. The third kappa shape index (κ3) is 5.85. The van der Waals surface area contributed by atoms with Crippen LogP contribution in [0.15, 0.2) is 0 Å². The quantitative estimate of drug-likeness (QED) is 0.643. The number of unbranched alkanes of at least 4 members (excludes halogenated alkanes) is 5. The zero-order chi connectivity index (χ0) is 13.4. The lowest BCUT2D eigenvalue weighted by Gasteiger charge is -2.34. The molecule has 0 spiro atoms. The normalized spacial score (nSPS) is 22.6. The summed E-state index contributed by atoms with van der Waals surface area (Å²) in [5.41, 5.74) is 0. The Labute approximate surface area is 112 Å². The topological polar surface area (TPSA) is 40.5 Å². The van der Waals surface area contributed by atoms with Gasteiger partial charge in [-0.1, -0.05) is 39.0 Å². The van der Waals surface area contributed by atoms with Crippen LogP contribution in [0.2, 0.25) is 0 Å². The molecule has 1 rings (SSSR count). The van der Waals surface area contributed by atoms with Crippen LogP contribution in [0, 0.1) is 5.92 Å². The van der Waals surface area contributed by atoms with Crippen molar-refractivity contribution in [3.05, 3.63) is 0 Å². The standard InChI is InChI=1S/C15H29NO2/c1-3-4-5-6-7-8-9-15(18)16(2)12-13-10-14(17)11-13/h13-14,17H,3-12H2,1-2H3. The maximum Gasteiger partial charge on any atom is 0.222 e. The van der Waals surface area contributed by atoms with E-state index in [4.69, 9.17) is 0 Å². The molecule has 1 saturated carbocycles. The van der Waals surface area contributed by atoms with E-state index in [1.807, 2.05) is 11.9 Å². The maximum atomic E-state index is 11.9. The first-order valence-corrected chi connectivity index (χ1v) is 7.55. The van der Waals surface area contributed by atoms with Crippen LogP contribution >= 0.6 is 0 Å². The molecule has 1 aliphatic carbocycles. The minimum absolute atomic E-state index is 0.114. The van der Waals surface area contributed by atoms with E-state index in [0.717, 1.165) is 25.8 Å². The monoisotopic (exact) mass is 255 g/mol. The lowest BCUT2D eigenvalue weighted by atomic mass is 9.82. The molecule has 1 N–H and O–H groups in total. The smallest absolute Gasteiger partial charge is 0.222 e. The number of carbonyl (C=O) groups is 1. The summed E-state index contributed by atoms with van der Waals surface area (Å²) in [6, 6.07) is 0. The molecule has 0 bridgehead atoms. The Morgan fingerprint density at radius 2 is 1.78 bits per heavy atom. The molecule has 18 heavy (non-hydrogen) atoms. The van der Waals surface area contributed by atoms with Crippen LogP contribution in [0.1, 0.15) is 64.7 Å². The molecule has 0 aliphatic heterocycles. The van der Waals surface area contributed by atoms with Crippen molar-refractivity contribution in [2.24, 2.45) is 5.92 Å². The molecule has 3 heteroatoms. The number of hydrogen-bond donors (Lipinski definition) is 1. The van der Waals surface area contributed by atoms with Gasteiger partial charge in [0, 0.05) is 20.0 Å². The molecular formula is C15H29NO2. The average Bonchev–Trinajstić information content (AvgIpc) is 2.31. The third-order valence-corrected chi connectivity index (χ3v) is 3.91. The Bertz CT molecular complexity index is 237. The first-order valence-electron chi connectivity index (χ1n) is 7.55. The molecule has 1 aliphatic rings. The van der Waals surface area contributed by atoms with Crippen molar-refractivity contribution in [3.63, 3.8) is 0 Å². The number of carbonyl (C=O) groups excluding carboxylic acids is 1. The average molecular weight is 255 g/mol. The van der Waals surface area contributed by atoms with Gasteiger partial charge >= 0.3 is 0 Å². The SMILES string of the molecule is CCCCCCCCC(=O)N(C)CC1CC(O)C1. The van der Waals surface area contributed by atoms with Gasteiger partial charge in [-0.3, -0.25) is 4.79 Å². The van der Waals surface area contributed by atoms with E-state index in [1.54, 1.807) is 0 Å². The molecule has 0 heterocycles. The van der Waals surface area contributed by atoms with E-state index in [-0.39, 0.29) is 12.0 Å². The number of amides is 1. The fraction of sp³-hybridized carbons (Fsp3) is 0.933. The van der Waals surface area contributed by atoms with Gasteiger partial charge in [0.1, 0.15) is 0 Å². The molecule has 0 aromatic carbocycles. The maximum absolute atomic E-state index is 11.9. The Balaban J connectivity index is 1.98. The van der Waals surface area contributed by atoms with E-state index < -0.39 is 0 Å². The van der Waals surface area contributed by atoms with Gasteiger partial charge in [-0.15, -0.1) is 0 Å². The number of nitrogens with zero attached hydrogens (tertiary/aromatic N) is 1. The van der Waals surface area contributed by atoms with Crippen LogP contribution in [-0.2, 0) is 4.79 Å². The summed E-state index contributed by atoms with van der Waals surface area (Å²) in [4.78, 5) is 13.7. The number of aliphatic hydroxyl groups excluding tert-OH is 1. The molecule has 106 valence electrons. The molecule has 1 amide bonds. The highest BCUT2D eigenvalue weighted by Gasteiger charge is 2.28. The van der Waals surface area contributed by atoms with Crippen LogP contribution < -0.4 is 0 Å². The summed E-state index contributed by atoms with van der Waals surface area (Å²) >= 11 is 0. The van der Waals surface area contributed by atoms with Crippen LogP contribution in [0.3, 0.4) is 0 Å².